The van der Waals surface area contributed by atoms with Crippen molar-refractivity contribution < 1.29 is 14.7 Å². The molecule has 0 amide bonds. The lowest BCUT2D eigenvalue weighted by Crippen LogP contribution is -2.00. The van der Waals surface area contributed by atoms with E-state index in [4.69, 9.17) is 5.73 Å². The first-order valence-electron chi connectivity index (χ1n) is 6.27. The van der Waals surface area contributed by atoms with Gasteiger partial charge in [0.05, 0.1) is 14.5 Å². The zero-order valence-electron chi connectivity index (χ0n) is 11.1. The summed E-state index contributed by atoms with van der Waals surface area (Å²) in [6.07, 6.45) is 1.51. The van der Waals surface area contributed by atoms with E-state index in [1.165, 1.54) is 12.1 Å². The van der Waals surface area contributed by atoms with Crippen LogP contribution in [0.2, 0.25) is 0 Å². The van der Waals surface area contributed by atoms with Crippen molar-refractivity contribution in [3.05, 3.63) is 61.5 Å². The molecule has 0 unspecified atom stereocenters. The molecule has 22 heavy (non-hydrogen) atoms. The van der Waals surface area contributed by atoms with Crippen LogP contribution in [0.4, 0.5) is 5.69 Å². The number of phenolic OH excluding ortho intramolecular Hbond substituents is 1. The lowest BCUT2D eigenvalue weighted by Gasteiger charge is -2.03. The van der Waals surface area contributed by atoms with Crippen LogP contribution in [0.1, 0.15) is 26.3 Å². The van der Waals surface area contributed by atoms with E-state index < -0.39 is 0 Å². The number of allylic oxidation sites excluding steroid dienone is 1. The van der Waals surface area contributed by atoms with Gasteiger partial charge in [0, 0.05) is 16.8 Å². The van der Waals surface area contributed by atoms with Gasteiger partial charge in [-0.15, -0.1) is 0 Å². The fourth-order valence-corrected chi connectivity index (χ4v) is 3.53. The number of Topliss-reactive ketones (excluding diaryl/α,β-unsaturated/α-hetero) is 2. The molecule has 2 aromatic rings. The number of hydrogen-bond acceptors (Lipinski definition) is 4. The fourth-order valence-electron chi connectivity index (χ4n) is 2.31. The number of ketones is 2. The van der Waals surface area contributed by atoms with Crippen molar-refractivity contribution in [2.45, 2.75) is 0 Å². The van der Waals surface area contributed by atoms with E-state index in [2.05, 4.69) is 31.9 Å². The van der Waals surface area contributed by atoms with E-state index in [-0.39, 0.29) is 22.9 Å². The third-order valence-electron chi connectivity index (χ3n) is 3.37. The van der Waals surface area contributed by atoms with E-state index in [1.54, 1.807) is 24.3 Å². The highest BCUT2D eigenvalue weighted by Gasteiger charge is 2.33. The molecule has 0 radical (unpaired) electrons. The molecule has 110 valence electrons. The van der Waals surface area contributed by atoms with E-state index in [0.717, 1.165) is 0 Å². The number of phenols is 1. The van der Waals surface area contributed by atoms with Crippen LogP contribution in [0.15, 0.2) is 44.9 Å². The molecular weight excluding hydrogens is 414 g/mol. The zero-order chi connectivity index (χ0) is 16.0. The van der Waals surface area contributed by atoms with Gasteiger partial charge in [-0.25, -0.2) is 0 Å². The first kappa shape index (κ1) is 15.0. The molecular formula is C16H9Br2NO3. The second-order valence-corrected chi connectivity index (χ2v) is 6.56. The van der Waals surface area contributed by atoms with Crippen molar-refractivity contribution in [3.8, 4) is 5.75 Å². The molecule has 6 heteroatoms. The molecule has 3 rings (SSSR count). The lowest BCUT2D eigenvalue weighted by molar-refractivity contribution is 0.0990. The molecule has 3 N–H and O–H groups in total. The summed E-state index contributed by atoms with van der Waals surface area (Å²) in [6.45, 7) is 0. The van der Waals surface area contributed by atoms with Gasteiger partial charge in [0.25, 0.3) is 0 Å². The van der Waals surface area contributed by atoms with Gasteiger partial charge in [-0.05, 0) is 73.8 Å². The molecule has 1 aliphatic rings. The Balaban J connectivity index is 2.11. The van der Waals surface area contributed by atoms with Crippen molar-refractivity contribution in [2.24, 2.45) is 0 Å². The summed E-state index contributed by atoms with van der Waals surface area (Å²) in [5.41, 5.74) is 7.51. The average Bonchev–Trinajstić information content (AvgIpc) is 2.69. The highest BCUT2D eigenvalue weighted by molar-refractivity contribution is 9.11. The molecule has 0 bridgehead atoms. The van der Waals surface area contributed by atoms with Gasteiger partial charge in [0.2, 0.25) is 0 Å². The summed E-state index contributed by atoms with van der Waals surface area (Å²) >= 11 is 6.44. The van der Waals surface area contributed by atoms with Crippen molar-refractivity contribution in [1.29, 1.82) is 0 Å². The number of carbonyl (C=O) groups excluding carboxylic acids is 2. The van der Waals surface area contributed by atoms with Gasteiger partial charge in [0.1, 0.15) is 5.75 Å². The van der Waals surface area contributed by atoms with Crippen molar-refractivity contribution in [3.63, 3.8) is 0 Å². The van der Waals surface area contributed by atoms with Crippen LogP contribution in [-0.4, -0.2) is 16.7 Å². The summed E-state index contributed by atoms with van der Waals surface area (Å²) in [5.74, 6) is -0.602. The largest absolute Gasteiger partial charge is 0.506 e. The Hall–Kier alpha value is -1.92. The number of fused-ring (bicyclic) bond motifs is 1. The second kappa shape index (κ2) is 5.37. The summed E-state index contributed by atoms with van der Waals surface area (Å²) in [4.78, 5) is 24.7. The number of halogens is 2. The molecule has 0 aromatic heterocycles. The van der Waals surface area contributed by atoms with Gasteiger partial charge < -0.3 is 10.8 Å². The van der Waals surface area contributed by atoms with Gasteiger partial charge in [-0.2, -0.15) is 0 Å². The third kappa shape index (κ3) is 2.38. The van der Waals surface area contributed by atoms with Crippen LogP contribution in [0.25, 0.3) is 6.08 Å². The second-order valence-electron chi connectivity index (χ2n) is 4.85. The Morgan fingerprint density at radius 2 is 1.55 bits per heavy atom. The maximum atomic E-state index is 12.4. The number of carbonyl (C=O) groups is 2. The van der Waals surface area contributed by atoms with Gasteiger partial charge in [-0.3, -0.25) is 9.59 Å². The Kier molecular flexibility index (Phi) is 3.66. The molecule has 0 spiro atoms. The molecule has 0 saturated heterocycles. The summed E-state index contributed by atoms with van der Waals surface area (Å²) in [7, 11) is 0. The van der Waals surface area contributed by atoms with Gasteiger partial charge in [-0.1, -0.05) is 0 Å². The van der Waals surface area contributed by atoms with Crippen molar-refractivity contribution >= 4 is 55.2 Å². The highest BCUT2D eigenvalue weighted by atomic mass is 79.9. The highest BCUT2D eigenvalue weighted by Crippen LogP contribution is 2.35. The first-order chi connectivity index (χ1) is 10.4. The average molecular weight is 423 g/mol. The van der Waals surface area contributed by atoms with Crippen LogP contribution >= 0.6 is 31.9 Å². The van der Waals surface area contributed by atoms with E-state index in [9.17, 15) is 14.7 Å². The topological polar surface area (TPSA) is 80.4 Å². The quantitative estimate of drug-likeness (QED) is 0.414. The number of benzene rings is 2. The molecule has 4 nitrogen and oxygen atoms in total. The van der Waals surface area contributed by atoms with Crippen LogP contribution in [-0.2, 0) is 0 Å². The Labute approximate surface area is 142 Å². The molecule has 0 atom stereocenters. The van der Waals surface area contributed by atoms with Gasteiger partial charge in [0.15, 0.2) is 11.6 Å². The monoisotopic (exact) mass is 421 g/mol. The number of hydrogen-bond donors (Lipinski definition) is 2. The molecule has 2 aromatic carbocycles. The van der Waals surface area contributed by atoms with Crippen molar-refractivity contribution in [2.75, 3.05) is 5.73 Å². The van der Waals surface area contributed by atoms with E-state index >= 15 is 0 Å². The normalized spacial score (nSPS) is 15.5. The first-order valence-corrected chi connectivity index (χ1v) is 7.85. The summed E-state index contributed by atoms with van der Waals surface area (Å²) in [6, 6.07) is 7.93. The number of rotatable bonds is 1. The van der Waals surface area contributed by atoms with E-state index in [0.29, 0.717) is 31.3 Å². The number of anilines is 1. The SMILES string of the molecule is Nc1ccc2c(c1)C(=O)/C(=C\c1cc(Br)c(O)c(Br)c1)C2=O. The van der Waals surface area contributed by atoms with Crippen LogP contribution in [0.3, 0.4) is 0 Å². The Bertz CT molecular complexity index is 849. The molecule has 0 fully saturated rings. The third-order valence-corrected chi connectivity index (χ3v) is 4.58. The van der Waals surface area contributed by atoms with Gasteiger partial charge >= 0.3 is 0 Å². The molecule has 0 saturated carbocycles. The van der Waals surface area contributed by atoms with Crippen LogP contribution in [0.5, 0.6) is 5.75 Å². The molecule has 0 heterocycles. The Morgan fingerprint density at radius 3 is 2.18 bits per heavy atom. The minimum absolute atomic E-state index is 0.0577. The maximum absolute atomic E-state index is 12.4. The standard InChI is InChI=1S/C16H9Br2NO3/c17-12-4-7(5-13(18)16(12)22)3-11-14(20)9-2-1-8(19)6-10(9)15(11)21/h1-6,22H,19H2/b11-3-. The predicted octanol–water partition coefficient (Wildman–Crippen LogP) is 3.96. The minimum atomic E-state index is -0.340. The molecule has 1 aliphatic carbocycles. The van der Waals surface area contributed by atoms with Crippen LogP contribution in [0, 0.1) is 0 Å². The summed E-state index contributed by atoms with van der Waals surface area (Å²) in [5, 5.41) is 9.71. The smallest absolute Gasteiger partial charge is 0.197 e. The predicted molar refractivity (Wildman–Crippen MR) is 91.0 cm³/mol. The van der Waals surface area contributed by atoms with E-state index in [1.807, 2.05) is 0 Å². The zero-order valence-corrected chi connectivity index (χ0v) is 14.2. The maximum Gasteiger partial charge on any atom is 0.197 e. The number of aromatic hydroxyl groups is 1. The fraction of sp³-hybridized carbons (Fsp3) is 0. The molecule has 0 aliphatic heterocycles. The number of nitrogens with two attached hydrogens (primary N) is 1. The lowest BCUT2D eigenvalue weighted by atomic mass is 10.1. The van der Waals surface area contributed by atoms with Crippen molar-refractivity contribution in [1.82, 2.24) is 0 Å². The Morgan fingerprint density at radius 1 is 0.955 bits per heavy atom. The minimum Gasteiger partial charge on any atom is -0.506 e. The van der Waals surface area contributed by atoms with Crippen LogP contribution < -0.4 is 5.73 Å². The summed E-state index contributed by atoms with van der Waals surface area (Å²) < 4.78 is 0.932. The number of nitrogen functional groups attached to an aromatic ring is 1.